The van der Waals surface area contributed by atoms with E-state index in [0.29, 0.717) is 12.1 Å². The predicted molar refractivity (Wildman–Crippen MR) is 57.6 cm³/mol. The van der Waals surface area contributed by atoms with E-state index in [1.165, 1.54) is 0 Å². The van der Waals surface area contributed by atoms with E-state index in [1.54, 1.807) is 0 Å². The SMILES string of the molecule is Nc1cc(C(F)(F)F)c(CC(=O)C=O)cc1C(=O)O. The number of carbonyl (C=O) groups is 3. The lowest BCUT2D eigenvalue weighted by atomic mass is 9.97. The number of benzene rings is 1. The summed E-state index contributed by atoms with van der Waals surface area (Å²) >= 11 is 0. The van der Waals surface area contributed by atoms with Gasteiger partial charge in [-0.05, 0) is 17.7 Å². The first-order chi connectivity index (χ1) is 8.66. The molecule has 0 aliphatic heterocycles. The lowest BCUT2D eigenvalue weighted by Crippen LogP contribution is -2.16. The minimum absolute atomic E-state index is 0.128. The third-order valence-electron chi connectivity index (χ3n) is 2.31. The Morgan fingerprint density at radius 2 is 1.89 bits per heavy atom. The molecule has 0 fully saturated rings. The third-order valence-corrected chi connectivity index (χ3v) is 2.31. The molecular formula is C11H8F3NO4. The maximum absolute atomic E-state index is 12.7. The number of carboxylic acid groups (broad SMARTS) is 1. The van der Waals surface area contributed by atoms with Crippen LogP contribution in [0.25, 0.3) is 0 Å². The molecule has 0 bridgehead atoms. The minimum atomic E-state index is -4.80. The first-order valence-corrected chi connectivity index (χ1v) is 4.87. The van der Waals surface area contributed by atoms with Gasteiger partial charge in [-0.25, -0.2) is 4.79 Å². The van der Waals surface area contributed by atoms with Gasteiger partial charge in [0.25, 0.3) is 0 Å². The van der Waals surface area contributed by atoms with Gasteiger partial charge in [0.2, 0.25) is 0 Å². The van der Waals surface area contributed by atoms with Crippen LogP contribution < -0.4 is 5.73 Å². The number of carbonyl (C=O) groups excluding carboxylic acids is 2. The van der Waals surface area contributed by atoms with Crippen molar-refractivity contribution in [2.45, 2.75) is 12.6 Å². The average Bonchev–Trinajstić information content (AvgIpc) is 2.28. The van der Waals surface area contributed by atoms with Gasteiger partial charge in [0, 0.05) is 12.1 Å². The zero-order valence-corrected chi connectivity index (χ0v) is 9.32. The highest BCUT2D eigenvalue weighted by atomic mass is 19.4. The molecule has 102 valence electrons. The highest BCUT2D eigenvalue weighted by molar-refractivity contribution is 6.25. The van der Waals surface area contributed by atoms with Crippen LogP contribution in [0.5, 0.6) is 0 Å². The summed E-state index contributed by atoms with van der Waals surface area (Å²) in [7, 11) is 0. The lowest BCUT2D eigenvalue weighted by molar-refractivity contribution is -0.138. The van der Waals surface area contributed by atoms with Gasteiger partial charge in [-0.3, -0.25) is 9.59 Å². The van der Waals surface area contributed by atoms with Crippen molar-refractivity contribution in [2.24, 2.45) is 0 Å². The monoisotopic (exact) mass is 275 g/mol. The lowest BCUT2D eigenvalue weighted by Gasteiger charge is -2.14. The summed E-state index contributed by atoms with van der Waals surface area (Å²) in [6, 6.07) is 1.10. The summed E-state index contributed by atoms with van der Waals surface area (Å²) in [4.78, 5) is 31.9. The first kappa shape index (κ1) is 14.7. The molecule has 0 unspecified atom stereocenters. The zero-order chi connectivity index (χ0) is 14.8. The van der Waals surface area contributed by atoms with Crippen LogP contribution in [-0.2, 0) is 22.2 Å². The first-order valence-electron chi connectivity index (χ1n) is 4.87. The zero-order valence-electron chi connectivity index (χ0n) is 9.32. The van der Waals surface area contributed by atoms with Gasteiger partial charge in [-0.15, -0.1) is 0 Å². The van der Waals surface area contributed by atoms with E-state index in [4.69, 9.17) is 10.8 Å². The van der Waals surface area contributed by atoms with Gasteiger partial charge < -0.3 is 10.8 Å². The Hall–Kier alpha value is -2.38. The third kappa shape index (κ3) is 3.30. The van der Waals surface area contributed by atoms with Crippen molar-refractivity contribution in [3.8, 4) is 0 Å². The molecule has 1 rings (SSSR count). The van der Waals surface area contributed by atoms with Gasteiger partial charge in [-0.2, -0.15) is 13.2 Å². The molecule has 1 aromatic rings. The number of aromatic carboxylic acids is 1. The smallest absolute Gasteiger partial charge is 0.416 e. The van der Waals surface area contributed by atoms with Crippen LogP contribution in [0, 0.1) is 0 Å². The number of ketones is 1. The van der Waals surface area contributed by atoms with E-state index >= 15 is 0 Å². The Balaban J connectivity index is 3.45. The van der Waals surface area contributed by atoms with Crippen molar-refractivity contribution in [3.63, 3.8) is 0 Å². The molecule has 0 aliphatic carbocycles. The number of nitrogen functional groups attached to an aromatic ring is 1. The van der Waals surface area contributed by atoms with Crippen LogP contribution in [-0.4, -0.2) is 23.1 Å². The Morgan fingerprint density at radius 1 is 1.32 bits per heavy atom. The number of rotatable bonds is 4. The van der Waals surface area contributed by atoms with Gasteiger partial charge in [0.1, 0.15) is 0 Å². The number of Topliss-reactive ketones (excluding diaryl/α,β-unsaturated/α-hetero) is 1. The molecule has 8 heteroatoms. The Morgan fingerprint density at radius 3 is 2.32 bits per heavy atom. The molecule has 0 aromatic heterocycles. The Labute approximate surface area is 104 Å². The topological polar surface area (TPSA) is 97.5 Å². The van der Waals surface area contributed by atoms with E-state index in [9.17, 15) is 27.6 Å². The van der Waals surface area contributed by atoms with Gasteiger partial charge in [0.15, 0.2) is 12.1 Å². The molecule has 0 saturated carbocycles. The standard InChI is InChI=1S/C11H8F3NO4/c12-11(13,14)8-3-9(15)7(10(18)19)2-5(8)1-6(17)4-16/h2-4H,1,15H2,(H,18,19). The normalized spacial score (nSPS) is 11.1. The molecule has 0 radical (unpaired) electrons. The number of alkyl halides is 3. The summed E-state index contributed by atoms with van der Waals surface area (Å²) in [5.41, 5.74) is 2.26. The fourth-order valence-electron chi connectivity index (χ4n) is 1.49. The molecule has 0 saturated heterocycles. The van der Waals surface area contributed by atoms with Gasteiger partial charge >= 0.3 is 12.1 Å². The predicted octanol–water partition coefficient (Wildman–Crippen LogP) is 1.30. The van der Waals surface area contributed by atoms with Crippen molar-refractivity contribution in [3.05, 3.63) is 28.8 Å². The van der Waals surface area contributed by atoms with Crippen molar-refractivity contribution in [1.29, 1.82) is 0 Å². The van der Waals surface area contributed by atoms with Crippen LogP contribution in [0.1, 0.15) is 21.5 Å². The quantitative estimate of drug-likeness (QED) is 0.490. The minimum Gasteiger partial charge on any atom is -0.478 e. The number of hydrogen-bond donors (Lipinski definition) is 2. The molecular weight excluding hydrogens is 267 g/mol. The number of nitrogens with two attached hydrogens (primary N) is 1. The largest absolute Gasteiger partial charge is 0.478 e. The molecule has 0 amide bonds. The molecule has 1 aromatic carbocycles. The molecule has 0 heterocycles. The van der Waals surface area contributed by atoms with Crippen LogP contribution in [0.4, 0.5) is 18.9 Å². The highest BCUT2D eigenvalue weighted by Crippen LogP contribution is 2.35. The Kier molecular flexibility index (Phi) is 3.93. The molecule has 5 nitrogen and oxygen atoms in total. The molecule has 19 heavy (non-hydrogen) atoms. The number of halogens is 3. The van der Waals surface area contributed by atoms with E-state index < -0.39 is 46.7 Å². The summed E-state index contributed by atoms with van der Waals surface area (Å²) < 4.78 is 38.1. The second-order valence-corrected chi connectivity index (χ2v) is 3.66. The van der Waals surface area contributed by atoms with Gasteiger partial charge in [0.05, 0.1) is 11.1 Å². The maximum Gasteiger partial charge on any atom is 0.416 e. The summed E-state index contributed by atoms with van der Waals surface area (Å²) in [6.07, 6.45) is -5.76. The molecule has 0 atom stereocenters. The fraction of sp³-hybridized carbons (Fsp3) is 0.182. The summed E-state index contributed by atoms with van der Waals surface area (Å²) in [6.45, 7) is 0. The van der Waals surface area contributed by atoms with Crippen LogP contribution in [0.3, 0.4) is 0 Å². The van der Waals surface area contributed by atoms with Crippen molar-refractivity contribution < 1.29 is 32.7 Å². The average molecular weight is 275 g/mol. The second kappa shape index (κ2) is 5.09. The maximum atomic E-state index is 12.7. The summed E-state index contributed by atoms with van der Waals surface area (Å²) in [5.74, 6) is -2.61. The van der Waals surface area contributed by atoms with E-state index in [0.717, 1.165) is 0 Å². The Bertz CT molecular complexity index is 552. The number of hydrogen-bond acceptors (Lipinski definition) is 4. The van der Waals surface area contributed by atoms with Crippen molar-refractivity contribution >= 4 is 23.7 Å². The molecule has 3 N–H and O–H groups in total. The van der Waals surface area contributed by atoms with Crippen LogP contribution in [0.2, 0.25) is 0 Å². The fourth-order valence-corrected chi connectivity index (χ4v) is 1.49. The summed E-state index contributed by atoms with van der Waals surface area (Å²) in [5, 5.41) is 8.76. The van der Waals surface area contributed by atoms with Crippen molar-refractivity contribution in [2.75, 3.05) is 5.73 Å². The van der Waals surface area contributed by atoms with Crippen LogP contribution in [0.15, 0.2) is 12.1 Å². The van der Waals surface area contributed by atoms with Crippen molar-refractivity contribution in [1.82, 2.24) is 0 Å². The number of carboxylic acids is 1. The van der Waals surface area contributed by atoms with E-state index in [-0.39, 0.29) is 6.29 Å². The molecule has 0 spiro atoms. The highest BCUT2D eigenvalue weighted by Gasteiger charge is 2.35. The van der Waals surface area contributed by atoms with E-state index in [2.05, 4.69) is 0 Å². The van der Waals surface area contributed by atoms with Gasteiger partial charge in [-0.1, -0.05) is 0 Å². The van der Waals surface area contributed by atoms with Crippen LogP contribution >= 0.6 is 0 Å². The number of aldehydes is 1. The number of anilines is 1. The van der Waals surface area contributed by atoms with E-state index in [1.807, 2.05) is 0 Å². The molecule has 0 aliphatic rings. The second-order valence-electron chi connectivity index (χ2n) is 3.66.